The zero-order chi connectivity index (χ0) is 41.0. The van der Waals surface area contributed by atoms with E-state index in [9.17, 15) is 27.6 Å². The Kier molecular flexibility index (Phi) is 15.3. The summed E-state index contributed by atoms with van der Waals surface area (Å²) >= 11 is 0. The molecule has 0 aromatic heterocycles. The van der Waals surface area contributed by atoms with Crippen LogP contribution < -0.4 is 30.9 Å². The van der Waals surface area contributed by atoms with Crippen molar-refractivity contribution in [1.29, 1.82) is 0 Å². The number of anilines is 1. The molecule has 4 aromatic rings. The van der Waals surface area contributed by atoms with Gasteiger partial charge < -0.3 is 26.6 Å². The van der Waals surface area contributed by atoms with Gasteiger partial charge >= 0.3 is 0 Å². The fourth-order valence-corrected chi connectivity index (χ4v) is 6.54. The average Bonchev–Trinajstić information content (AvgIpc) is 3.18. The van der Waals surface area contributed by atoms with E-state index in [2.05, 4.69) is 26.6 Å². The standard InChI is InChI=1S/C43H54N6O6S/c1-8-44-43(53)39(28(2)3)48-40(50)30(5)45-27-37(23-31-15-11-9-12-16-31)47-42(52)36-24-35(25-38(26-36)49(6)56(7,54)55)41(51)46-29(4)32-19-21-34(22-20-32)33-17-13-10-14-18-33/h9-22,24-26,28-30,37,39,45H,8,23,27H2,1-7H3,(H,44,53)(H,46,51)(H,47,52)(H,48,50)/t29?,30-,37-,39-/m0/s1. The Bertz CT molecular complexity index is 2060. The normalized spacial score (nSPS) is 13.5. The third-order valence-corrected chi connectivity index (χ3v) is 10.7. The minimum atomic E-state index is -3.75. The van der Waals surface area contributed by atoms with Gasteiger partial charge in [0.2, 0.25) is 21.8 Å². The molecule has 4 amide bonds. The molecule has 0 fully saturated rings. The number of nitrogens with zero attached hydrogens (tertiary/aromatic N) is 1. The Morgan fingerprint density at radius 2 is 1.25 bits per heavy atom. The number of rotatable bonds is 18. The first-order chi connectivity index (χ1) is 26.6. The van der Waals surface area contributed by atoms with Crippen LogP contribution >= 0.6 is 0 Å². The second kappa shape index (κ2) is 19.9. The minimum Gasteiger partial charge on any atom is -0.355 e. The van der Waals surface area contributed by atoms with E-state index < -0.39 is 46.0 Å². The van der Waals surface area contributed by atoms with E-state index in [0.29, 0.717) is 13.0 Å². The number of sulfonamides is 1. The van der Waals surface area contributed by atoms with Gasteiger partial charge in [-0.2, -0.15) is 0 Å². The molecule has 56 heavy (non-hydrogen) atoms. The van der Waals surface area contributed by atoms with E-state index in [1.165, 1.54) is 25.2 Å². The van der Waals surface area contributed by atoms with Crippen molar-refractivity contribution in [2.24, 2.45) is 5.92 Å². The first-order valence-corrected chi connectivity index (χ1v) is 20.6. The van der Waals surface area contributed by atoms with Gasteiger partial charge in [-0.25, -0.2) is 8.42 Å². The Hall–Kier alpha value is -5.53. The molecule has 0 bridgehead atoms. The molecule has 0 saturated carbocycles. The summed E-state index contributed by atoms with van der Waals surface area (Å²) in [6.45, 7) is 9.67. The molecule has 4 atom stereocenters. The van der Waals surface area contributed by atoms with Gasteiger partial charge in [0.1, 0.15) is 6.04 Å². The predicted octanol–water partition coefficient (Wildman–Crippen LogP) is 4.84. The SMILES string of the molecule is CCNC(=O)[C@@H](NC(=O)[C@H](C)NC[C@H](Cc1ccccc1)NC(=O)c1cc(C(=O)NC(C)c2ccc(-c3ccccc3)cc2)cc(N(C)S(C)(=O)=O)c1)C(C)C. The van der Waals surface area contributed by atoms with E-state index in [0.717, 1.165) is 32.8 Å². The lowest BCUT2D eigenvalue weighted by molar-refractivity contribution is -0.130. The van der Waals surface area contributed by atoms with Crippen molar-refractivity contribution >= 4 is 39.3 Å². The zero-order valence-electron chi connectivity index (χ0n) is 33.1. The topological polar surface area (TPSA) is 166 Å². The molecule has 5 N–H and O–H groups in total. The predicted molar refractivity (Wildman–Crippen MR) is 222 cm³/mol. The number of amides is 4. The van der Waals surface area contributed by atoms with Crippen LogP contribution in [0.3, 0.4) is 0 Å². The van der Waals surface area contributed by atoms with Crippen molar-refractivity contribution in [3.63, 3.8) is 0 Å². The van der Waals surface area contributed by atoms with E-state index in [-0.39, 0.29) is 41.1 Å². The third kappa shape index (κ3) is 12.2. The van der Waals surface area contributed by atoms with Crippen LogP contribution in [0.15, 0.2) is 103 Å². The largest absolute Gasteiger partial charge is 0.355 e. The lowest BCUT2D eigenvalue weighted by Crippen LogP contribution is -2.55. The molecule has 0 heterocycles. The highest BCUT2D eigenvalue weighted by Crippen LogP contribution is 2.24. The lowest BCUT2D eigenvalue weighted by Gasteiger charge is -2.25. The summed E-state index contributed by atoms with van der Waals surface area (Å²) in [5.74, 6) is -1.79. The molecule has 4 aromatic carbocycles. The van der Waals surface area contributed by atoms with E-state index in [1.807, 2.05) is 113 Å². The second-order valence-corrected chi connectivity index (χ2v) is 16.3. The molecule has 0 saturated heterocycles. The highest BCUT2D eigenvalue weighted by atomic mass is 32.2. The first-order valence-electron chi connectivity index (χ1n) is 18.8. The summed E-state index contributed by atoms with van der Waals surface area (Å²) in [6.07, 6.45) is 1.44. The highest BCUT2D eigenvalue weighted by Gasteiger charge is 2.27. The molecule has 13 heteroatoms. The van der Waals surface area contributed by atoms with Crippen LogP contribution in [0.25, 0.3) is 11.1 Å². The Labute approximate surface area is 330 Å². The molecular formula is C43H54N6O6S. The van der Waals surface area contributed by atoms with Crippen LogP contribution in [0.4, 0.5) is 5.69 Å². The maximum atomic E-state index is 14.0. The molecule has 4 rings (SSSR count). The second-order valence-electron chi connectivity index (χ2n) is 14.3. The fraction of sp³-hybridized carbons (Fsp3) is 0.349. The van der Waals surface area contributed by atoms with Crippen molar-refractivity contribution in [3.8, 4) is 11.1 Å². The summed E-state index contributed by atoms with van der Waals surface area (Å²) in [5, 5.41) is 14.8. The van der Waals surface area contributed by atoms with Gasteiger partial charge in [0.15, 0.2) is 0 Å². The number of nitrogens with one attached hydrogen (secondary N) is 5. The lowest BCUT2D eigenvalue weighted by atomic mass is 10.0. The van der Waals surface area contributed by atoms with Crippen molar-refractivity contribution in [2.75, 3.05) is 30.7 Å². The number of carbonyl (C=O) groups excluding carboxylic acids is 4. The smallest absolute Gasteiger partial charge is 0.251 e. The van der Waals surface area contributed by atoms with Crippen LogP contribution in [0.5, 0.6) is 0 Å². The first kappa shape index (κ1) is 43.2. The summed E-state index contributed by atoms with van der Waals surface area (Å²) in [7, 11) is -2.39. The summed E-state index contributed by atoms with van der Waals surface area (Å²) in [5.41, 5.74) is 4.23. The van der Waals surface area contributed by atoms with E-state index in [1.54, 1.807) is 6.92 Å². The minimum absolute atomic E-state index is 0.0774. The number of carbonyl (C=O) groups is 4. The van der Waals surface area contributed by atoms with E-state index >= 15 is 0 Å². The number of hydrogen-bond donors (Lipinski definition) is 5. The van der Waals surface area contributed by atoms with Crippen LogP contribution in [0.2, 0.25) is 0 Å². The van der Waals surface area contributed by atoms with Crippen molar-refractivity contribution < 1.29 is 27.6 Å². The Morgan fingerprint density at radius 1 is 0.696 bits per heavy atom. The number of benzene rings is 4. The number of hydrogen-bond acceptors (Lipinski definition) is 7. The molecule has 0 aliphatic rings. The fourth-order valence-electron chi connectivity index (χ4n) is 6.06. The maximum Gasteiger partial charge on any atom is 0.251 e. The van der Waals surface area contributed by atoms with Crippen molar-refractivity contribution in [3.05, 3.63) is 125 Å². The molecular weight excluding hydrogens is 729 g/mol. The monoisotopic (exact) mass is 782 g/mol. The zero-order valence-corrected chi connectivity index (χ0v) is 33.9. The van der Waals surface area contributed by atoms with Crippen LogP contribution in [-0.2, 0) is 26.0 Å². The molecule has 0 radical (unpaired) electrons. The molecule has 0 aliphatic heterocycles. The maximum absolute atomic E-state index is 14.0. The van der Waals surface area contributed by atoms with Crippen molar-refractivity contribution in [2.45, 2.75) is 65.2 Å². The summed E-state index contributed by atoms with van der Waals surface area (Å²) < 4.78 is 26.2. The Morgan fingerprint density at radius 3 is 1.80 bits per heavy atom. The quantitative estimate of drug-likeness (QED) is 0.0965. The molecule has 0 aliphatic carbocycles. The van der Waals surface area contributed by atoms with Gasteiger partial charge in [-0.05, 0) is 73.6 Å². The summed E-state index contributed by atoms with van der Waals surface area (Å²) in [4.78, 5) is 53.5. The van der Waals surface area contributed by atoms with Crippen LogP contribution in [0, 0.1) is 5.92 Å². The molecule has 0 spiro atoms. The molecule has 1 unspecified atom stereocenters. The average molecular weight is 783 g/mol. The molecule has 298 valence electrons. The van der Waals surface area contributed by atoms with Gasteiger partial charge in [0.05, 0.1) is 24.0 Å². The van der Waals surface area contributed by atoms with Gasteiger partial charge in [-0.15, -0.1) is 0 Å². The van der Waals surface area contributed by atoms with Gasteiger partial charge in [-0.1, -0.05) is 98.8 Å². The highest BCUT2D eigenvalue weighted by molar-refractivity contribution is 7.92. The third-order valence-electron chi connectivity index (χ3n) is 9.49. The van der Waals surface area contributed by atoms with Gasteiger partial charge in [0, 0.05) is 37.3 Å². The van der Waals surface area contributed by atoms with Gasteiger partial charge in [-0.3, -0.25) is 23.5 Å². The number of likely N-dealkylation sites (N-methyl/N-ethyl adjacent to an activating group) is 1. The molecule has 12 nitrogen and oxygen atoms in total. The summed E-state index contributed by atoms with van der Waals surface area (Å²) in [6, 6.07) is 29.3. The van der Waals surface area contributed by atoms with E-state index in [4.69, 9.17) is 0 Å². The van der Waals surface area contributed by atoms with Crippen LogP contribution in [0.1, 0.15) is 72.5 Å². The Balaban J connectivity index is 1.55. The van der Waals surface area contributed by atoms with Crippen LogP contribution in [-0.4, -0.2) is 76.6 Å². The van der Waals surface area contributed by atoms with Crippen molar-refractivity contribution in [1.82, 2.24) is 26.6 Å². The van der Waals surface area contributed by atoms with Gasteiger partial charge in [0.25, 0.3) is 11.8 Å².